The summed E-state index contributed by atoms with van der Waals surface area (Å²) >= 11 is 1.42. The second-order valence-corrected chi connectivity index (χ2v) is 7.10. The molecular formula is C16H20FN5OS. The summed E-state index contributed by atoms with van der Waals surface area (Å²) in [5, 5.41) is 15.1. The van der Waals surface area contributed by atoms with E-state index in [4.69, 9.17) is 0 Å². The number of carbonyl (C=O) groups is 1. The minimum absolute atomic E-state index is 0.122. The van der Waals surface area contributed by atoms with Gasteiger partial charge in [-0.3, -0.25) is 5.32 Å². The summed E-state index contributed by atoms with van der Waals surface area (Å²) in [4.78, 5) is 14.0. The van der Waals surface area contributed by atoms with Gasteiger partial charge in [-0.05, 0) is 44.6 Å². The average molecular weight is 349 g/mol. The Morgan fingerprint density at radius 3 is 2.88 bits per heavy atom. The smallest absolute Gasteiger partial charge is 0.321 e. The fourth-order valence-electron chi connectivity index (χ4n) is 2.42. The summed E-state index contributed by atoms with van der Waals surface area (Å²) in [5.74, 6) is 0.234. The number of amides is 2. The van der Waals surface area contributed by atoms with Crippen molar-refractivity contribution in [2.24, 2.45) is 0 Å². The molecule has 8 heteroatoms. The molecule has 0 aliphatic heterocycles. The van der Waals surface area contributed by atoms with Crippen LogP contribution in [0.4, 0.5) is 14.3 Å². The first kappa shape index (κ1) is 16.8. The molecule has 0 bridgehead atoms. The van der Waals surface area contributed by atoms with E-state index in [1.807, 2.05) is 25.1 Å². The normalized spacial score (nSPS) is 15.3. The van der Waals surface area contributed by atoms with Gasteiger partial charge in [0.1, 0.15) is 10.8 Å². The van der Waals surface area contributed by atoms with Gasteiger partial charge in [-0.2, -0.15) is 0 Å². The van der Waals surface area contributed by atoms with Gasteiger partial charge in [0.2, 0.25) is 5.13 Å². The maximum Gasteiger partial charge on any atom is 0.321 e. The number of benzene rings is 1. The second-order valence-electron chi connectivity index (χ2n) is 6.09. The maximum absolute atomic E-state index is 13.4. The van der Waals surface area contributed by atoms with Crippen molar-refractivity contribution in [3.63, 3.8) is 0 Å². The maximum atomic E-state index is 13.4. The monoisotopic (exact) mass is 349 g/mol. The fraction of sp³-hybridized carbons (Fsp3) is 0.438. The number of nitrogens with zero attached hydrogens (tertiary/aromatic N) is 3. The zero-order chi connectivity index (χ0) is 17.1. The van der Waals surface area contributed by atoms with E-state index >= 15 is 0 Å². The number of halogens is 1. The average Bonchev–Trinajstić information content (AvgIpc) is 3.28. The molecule has 24 heavy (non-hydrogen) atoms. The molecule has 1 saturated carbocycles. The number of nitrogens with one attached hydrogen (secondary N) is 2. The van der Waals surface area contributed by atoms with Crippen molar-refractivity contribution in [3.8, 4) is 0 Å². The van der Waals surface area contributed by atoms with Crippen LogP contribution < -0.4 is 10.6 Å². The van der Waals surface area contributed by atoms with Crippen LogP contribution in [0.15, 0.2) is 24.3 Å². The van der Waals surface area contributed by atoms with Gasteiger partial charge < -0.3 is 10.2 Å². The van der Waals surface area contributed by atoms with E-state index in [1.165, 1.54) is 23.5 Å². The lowest BCUT2D eigenvalue weighted by Crippen LogP contribution is -2.36. The molecule has 0 radical (unpaired) electrons. The number of anilines is 1. The zero-order valence-corrected chi connectivity index (χ0v) is 14.4. The fourth-order valence-corrected chi connectivity index (χ4v) is 3.33. The van der Waals surface area contributed by atoms with E-state index in [1.54, 1.807) is 6.07 Å². The third kappa shape index (κ3) is 4.27. The summed E-state index contributed by atoms with van der Waals surface area (Å²) in [6.45, 7) is 0.358. The van der Waals surface area contributed by atoms with Gasteiger partial charge in [0.15, 0.2) is 0 Å². The highest BCUT2D eigenvalue weighted by molar-refractivity contribution is 7.15. The lowest BCUT2D eigenvalue weighted by Gasteiger charge is -2.25. The lowest BCUT2D eigenvalue weighted by molar-refractivity contribution is 0.243. The predicted molar refractivity (Wildman–Crippen MR) is 91.7 cm³/mol. The Balaban J connectivity index is 1.56. The van der Waals surface area contributed by atoms with Crippen LogP contribution in [0.5, 0.6) is 0 Å². The molecule has 0 unspecified atom stereocenters. The molecule has 2 amide bonds. The molecule has 1 aromatic carbocycles. The Morgan fingerprint density at radius 1 is 1.42 bits per heavy atom. The molecule has 0 saturated heterocycles. The van der Waals surface area contributed by atoms with Crippen molar-refractivity contribution in [3.05, 3.63) is 40.7 Å². The minimum atomic E-state index is -0.336. The quantitative estimate of drug-likeness (QED) is 0.841. The Morgan fingerprint density at radius 2 is 2.21 bits per heavy atom. The first-order chi connectivity index (χ1) is 11.5. The summed E-state index contributed by atoms with van der Waals surface area (Å²) in [6, 6.07) is 5.95. The first-order valence-corrected chi connectivity index (χ1v) is 8.64. The zero-order valence-electron chi connectivity index (χ0n) is 13.6. The van der Waals surface area contributed by atoms with Crippen molar-refractivity contribution in [1.82, 2.24) is 20.4 Å². The van der Waals surface area contributed by atoms with Crippen LogP contribution in [0.1, 0.15) is 35.4 Å². The number of likely N-dealkylation sites (N-methyl/N-ethyl adjacent to an activating group) is 1. The SMILES string of the molecule is CN(C)[C@H](CNC(=O)Nc1nnc(C2CC2)s1)c1cccc(F)c1. The van der Waals surface area contributed by atoms with Gasteiger partial charge in [-0.15, -0.1) is 10.2 Å². The Kier molecular flexibility index (Phi) is 5.06. The van der Waals surface area contributed by atoms with Crippen molar-refractivity contribution in [2.75, 3.05) is 26.0 Å². The Bertz CT molecular complexity index is 716. The van der Waals surface area contributed by atoms with E-state index in [2.05, 4.69) is 20.8 Å². The summed E-state index contributed by atoms with van der Waals surface area (Å²) in [6.07, 6.45) is 2.30. The lowest BCUT2D eigenvalue weighted by atomic mass is 10.1. The second kappa shape index (κ2) is 7.23. The van der Waals surface area contributed by atoms with E-state index in [0.29, 0.717) is 17.6 Å². The molecule has 1 atom stereocenters. The molecule has 2 aromatic rings. The van der Waals surface area contributed by atoms with Crippen molar-refractivity contribution >= 4 is 22.5 Å². The minimum Gasteiger partial charge on any atom is -0.336 e. The van der Waals surface area contributed by atoms with Crippen LogP contribution in [0, 0.1) is 5.82 Å². The van der Waals surface area contributed by atoms with Crippen LogP contribution in [-0.4, -0.2) is 41.8 Å². The Labute approximate surface area is 144 Å². The van der Waals surface area contributed by atoms with Crippen molar-refractivity contribution in [1.29, 1.82) is 0 Å². The number of hydrogen-bond donors (Lipinski definition) is 2. The highest BCUT2D eigenvalue weighted by atomic mass is 32.1. The van der Waals surface area contributed by atoms with Crippen LogP contribution in [0.25, 0.3) is 0 Å². The van der Waals surface area contributed by atoms with E-state index < -0.39 is 0 Å². The first-order valence-electron chi connectivity index (χ1n) is 7.83. The number of aromatic nitrogens is 2. The highest BCUT2D eigenvalue weighted by Gasteiger charge is 2.27. The molecule has 1 fully saturated rings. The highest BCUT2D eigenvalue weighted by Crippen LogP contribution is 2.41. The third-order valence-corrected chi connectivity index (χ3v) is 4.90. The van der Waals surface area contributed by atoms with E-state index in [0.717, 1.165) is 23.4 Å². The number of urea groups is 1. The van der Waals surface area contributed by atoms with Crippen LogP contribution in [0.2, 0.25) is 0 Å². The van der Waals surface area contributed by atoms with E-state index in [-0.39, 0.29) is 17.9 Å². The Hall–Kier alpha value is -2.06. The van der Waals surface area contributed by atoms with Gasteiger partial charge >= 0.3 is 6.03 Å². The standard InChI is InChI=1S/C16H20FN5OS/c1-22(2)13(11-4-3-5-12(17)8-11)9-18-15(23)19-16-21-20-14(24-16)10-6-7-10/h3-5,8,10,13H,6-7,9H2,1-2H3,(H2,18,19,21,23)/t13-/m1/s1. The summed E-state index contributed by atoms with van der Waals surface area (Å²) in [7, 11) is 3.78. The number of rotatable bonds is 6. The molecular weight excluding hydrogens is 329 g/mol. The molecule has 2 N–H and O–H groups in total. The summed E-state index contributed by atoms with van der Waals surface area (Å²) in [5.41, 5.74) is 0.812. The molecule has 0 spiro atoms. The van der Waals surface area contributed by atoms with Crippen molar-refractivity contribution < 1.29 is 9.18 Å². The number of hydrogen-bond acceptors (Lipinski definition) is 5. The summed E-state index contributed by atoms with van der Waals surface area (Å²) < 4.78 is 13.4. The van der Waals surface area contributed by atoms with Gasteiger partial charge in [0.25, 0.3) is 0 Å². The topological polar surface area (TPSA) is 70.2 Å². The molecule has 1 aliphatic rings. The van der Waals surface area contributed by atoms with Crippen molar-refractivity contribution in [2.45, 2.75) is 24.8 Å². The molecule has 1 aliphatic carbocycles. The predicted octanol–water partition coefficient (Wildman–Crippen LogP) is 2.98. The molecule has 1 heterocycles. The molecule has 1 aromatic heterocycles. The van der Waals surface area contributed by atoms with Gasteiger partial charge in [-0.25, -0.2) is 9.18 Å². The molecule has 128 valence electrons. The van der Waals surface area contributed by atoms with Gasteiger partial charge in [0, 0.05) is 12.5 Å². The van der Waals surface area contributed by atoms with Gasteiger partial charge in [0.05, 0.1) is 6.04 Å². The van der Waals surface area contributed by atoms with Gasteiger partial charge in [-0.1, -0.05) is 23.5 Å². The van der Waals surface area contributed by atoms with E-state index in [9.17, 15) is 9.18 Å². The third-order valence-electron chi connectivity index (χ3n) is 3.90. The molecule has 6 nitrogen and oxygen atoms in total. The largest absolute Gasteiger partial charge is 0.336 e. The number of carbonyl (C=O) groups excluding carboxylic acids is 1. The molecule has 3 rings (SSSR count). The van der Waals surface area contributed by atoms with Crippen LogP contribution >= 0.6 is 11.3 Å². The van der Waals surface area contributed by atoms with Crippen LogP contribution in [0.3, 0.4) is 0 Å². The van der Waals surface area contributed by atoms with Crippen LogP contribution in [-0.2, 0) is 0 Å².